The van der Waals surface area contributed by atoms with Crippen LogP contribution in [0.5, 0.6) is 0 Å². The number of aromatic nitrogens is 1. The van der Waals surface area contributed by atoms with Crippen LogP contribution >= 0.6 is 11.8 Å². The quantitative estimate of drug-likeness (QED) is 0.855. The summed E-state index contributed by atoms with van der Waals surface area (Å²) >= 11 is 2.00. The van der Waals surface area contributed by atoms with E-state index in [-0.39, 0.29) is 4.75 Å². The summed E-state index contributed by atoms with van der Waals surface area (Å²) in [5, 5.41) is 0. The number of hydrogen-bond acceptors (Lipinski definition) is 4. The fourth-order valence-electron chi connectivity index (χ4n) is 3.55. The molecule has 1 aromatic heterocycles. The van der Waals surface area contributed by atoms with Gasteiger partial charge in [-0.05, 0) is 30.9 Å². The summed E-state index contributed by atoms with van der Waals surface area (Å²) in [7, 11) is 0. The van der Waals surface area contributed by atoms with Crippen LogP contribution in [0.25, 0.3) is 0 Å². The third-order valence-corrected chi connectivity index (χ3v) is 6.68. The summed E-state index contributed by atoms with van der Waals surface area (Å²) in [5.74, 6) is 1.78. The van der Waals surface area contributed by atoms with Crippen LogP contribution in [0.15, 0.2) is 24.5 Å². The van der Waals surface area contributed by atoms with Crippen LogP contribution in [0.2, 0.25) is 0 Å². The SMILES string of the molecule is O=C(C1CCC1)N1CC2(CC(OCc3cccnc3)CS2)C1. The number of amides is 1. The Balaban J connectivity index is 1.24. The summed E-state index contributed by atoms with van der Waals surface area (Å²) < 4.78 is 6.31. The number of pyridine rings is 1. The minimum absolute atomic E-state index is 0.277. The van der Waals surface area contributed by atoms with E-state index in [1.54, 1.807) is 6.20 Å². The Hall–Kier alpha value is -1.07. The van der Waals surface area contributed by atoms with E-state index in [1.807, 2.05) is 30.1 Å². The molecular weight excluding hydrogens is 296 g/mol. The molecule has 4 nitrogen and oxygen atoms in total. The Labute approximate surface area is 135 Å². The second-order valence-corrected chi connectivity index (χ2v) is 8.30. The molecule has 1 aliphatic carbocycles. The average Bonchev–Trinajstić information content (AvgIpc) is 2.87. The molecule has 1 atom stereocenters. The van der Waals surface area contributed by atoms with E-state index in [1.165, 1.54) is 6.42 Å². The summed E-state index contributed by atoms with van der Waals surface area (Å²) in [6.07, 6.45) is 8.47. The standard InChI is InChI=1S/C17H22N2O2S/c20-16(14-4-1-5-14)19-11-17(12-19)7-15(10-22-17)21-9-13-3-2-6-18-8-13/h2-3,6,8,14-15H,1,4-5,7,9-12H2. The molecule has 0 aromatic carbocycles. The highest BCUT2D eigenvalue weighted by atomic mass is 32.2. The Morgan fingerprint density at radius 2 is 2.32 bits per heavy atom. The van der Waals surface area contributed by atoms with Gasteiger partial charge in [0.15, 0.2) is 0 Å². The topological polar surface area (TPSA) is 42.4 Å². The number of nitrogens with zero attached hydrogens (tertiary/aromatic N) is 2. The van der Waals surface area contributed by atoms with Crippen molar-refractivity contribution < 1.29 is 9.53 Å². The fourth-order valence-corrected chi connectivity index (χ4v) is 5.10. The van der Waals surface area contributed by atoms with Crippen molar-refractivity contribution in [3.63, 3.8) is 0 Å². The van der Waals surface area contributed by atoms with Crippen LogP contribution in [0, 0.1) is 5.92 Å². The van der Waals surface area contributed by atoms with Gasteiger partial charge in [-0.15, -0.1) is 11.8 Å². The van der Waals surface area contributed by atoms with Crippen LogP contribution in [-0.2, 0) is 16.1 Å². The fraction of sp³-hybridized carbons (Fsp3) is 0.647. The number of carbonyl (C=O) groups is 1. The predicted molar refractivity (Wildman–Crippen MR) is 86.5 cm³/mol. The maximum absolute atomic E-state index is 12.2. The van der Waals surface area contributed by atoms with Crippen molar-refractivity contribution >= 4 is 17.7 Å². The molecule has 2 saturated heterocycles. The largest absolute Gasteiger partial charge is 0.373 e. The molecule has 0 bridgehead atoms. The van der Waals surface area contributed by atoms with Gasteiger partial charge in [-0.3, -0.25) is 9.78 Å². The summed E-state index contributed by atoms with van der Waals surface area (Å²) in [6.45, 7) is 2.50. The van der Waals surface area contributed by atoms with Crippen molar-refractivity contribution in [3.05, 3.63) is 30.1 Å². The third-order valence-electron chi connectivity index (χ3n) is 5.11. The van der Waals surface area contributed by atoms with Gasteiger partial charge < -0.3 is 9.64 Å². The highest BCUT2D eigenvalue weighted by Gasteiger charge is 2.51. The Kier molecular flexibility index (Phi) is 3.86. The maximum atomic E-state index is 12.2. The molecular formula is C17H22N2O2S. The molecule has 22 heavy (non-hydrogen) atoms. The van der Waals surface area contributed by atoms with E-state index in [2.05, 4.69) is 9.88 Å². The average molecular weight is 318 g/mol. The molecule has 1 amide bonds. The molecule has 2 aliphatic heterocycles. The molecule has 3 heterocycles. The minimum Gasteiger partial charge on any atom is -0.373 e. The van der Waals surface area contributed by atoms with Crippen molar-refractivity contribution in [2.75, 3.05) is 18.8 Å². The zero-order chi connectivity index (χ0) is 15.0. The van der Waals surface area contributed by atoms with E-state index in [9.17, 15) is 4.79 Å². The van der Waals surface area contributed by atoms with Gasteiger partial charge in [0.05, 0.1) is 17.5 Å². The normalized spacial score (nSPS) is 26.7. The second-order valence-electron chi connectivity index (χ2n) is 6.81. The van der Waals surface area contributed by atoms with Crippen molar-refractivity contribution in [1.29, 1.82) is 0 Å². The summed E-state index contributed by atoms with van der Waals surface area (Å²) in [5.41, 5.74) is 1.13. The molecule has 4 rings (SSSR count). The second kappa shape index (κ2) is 5.85. The lowest BCUT2D eigenvalue weighted by Crippen LogP contribution is -2.62. The van der Waals surface area contributed by atoms with Crippen LogP contribution < -0.4 is 0 Å². The summed E-state index contributed by atoms with van der Waals surface area (Å²) in [6, 6.07) is 3.99. The molecule has 1 aromatic rings. The molecule has 0 radical (unpaired) electrons. The number of thioether (sulfide) groups is 1. The molecule has 3 fully saturated rings. The highest BCUT2D eigenvalue weighted by Crippen LogP contribution is 2.47. The Morgan fingerprint density at radius 3 is 3.00 bits per heavy atom. The van der Waals surface area contributed by atoms with Gasteiger partial charge in [-0.25, -0.2) is 0 Å². The number of ether oxygens (including phenoxy) is 1. The number of likely N-dealkylation sites (tertiary alicyclic amines) is 1. The maximum Gasteiger partial charge on any atom is 0.225 e. The van der Waals surface area contributed by atoms with Crippen molar-refractivity contribution in [3.8, 4) is 0 Å². The van der Waals surface area contributed by atoms with E-state index >= 15 is 0 Å². The van der Waals surface area contributed by atoms with Crippen LogP contribution in [0.1, 0.15) is 31.2 Å². The molecule has 5 heteroatoms. The first-order chi connectivity index (χ1) is 10.7. The highest BCUT2D eigenvalue weighted by molar-refractivity contribution is 8.01. The van der Waals surface area contributed by atoms with Gasteiger partial charge in [0.2, 0.25) is 5.91 Å². The van der Waals surface area contributed by atoms with Gasteiger partial charge in [-0.1, -0.05) is 12.5 Å². The number of hydrogen-bond donors (Lipinski definition) is 0. The Morgan fingerprint density at radius 1 is 1.45 bits per heavy atom. The molecule has 118 valence electrons. The first kappa shape index (κ1) is 14.5. The third kappa shape index (κ3) is 2.76. The van der Waals surface area contributed by atoms with Gasteiger partial charge in [0.25, 0.3) is 0 Å². The lowest BCUT2D eigenvalue weighted by Gasteiger charge is -2.49. The van der Waals surface area contributed by atoms with Crippen molar-refractivity contribution in [2.45, 2.75) is 43.1 Å². The zero-order valence-electron chi connectivity index (χ0n) is 12.7. The minimum atomic E-state index is 0.277. The van der Waals surface area contributed by atoms with E-state index in [4.69, 9.17) is 4.74 Å². The van der Waals surface area contributed by atoms with Crippen molar-refractivity contribution in [1.82, 2.24) is 9.88 Å². The molecule has 3 aliphatic rings. The van der Waals surface area contributed by atoms with E-state index in [0.29, 0.717) is 24.5 Å². The first-order valence-corrected chi connectivity index (χ1v) is 9.16. The van der Waals surface area contributed by atoms with Gasteiger partial charge in [-0.2, -0.15) is 0 Å². The van der Waals surface area contributed by atoms with Crippen LogP contribution in [0.4, 0.5) is 0 Å². The number of rotatable bonds is 4. The van der Waals surface area contributed by atoms with Gasteiger partial charge in [0.1, 0.15) is 0 Å². The van der Waals surface area contributed by atoms with Crippen LogP contribution in [0.3, 0.4) is 0 Å². The molecule has 1 unspecified atom stereocenters. The van der Waals surface area contributed by atoms with Crippen LogP contribution in [-0.4, -0.2) is 45.5 Å². The monoisotopic (exact) mass is 318 g/mol. The van der Waals surface area contributed by atoms with Gasteiger partial charge in [0, 0.05) is 37.2 Å². The number of carbonyl (C=O) groups excluding carboxylic acids is 1. The zero-order valence-corrected chi connectivity index (χ0v) is 13.6. The van der Waals surface area contributed by atoms with Gasteiger partial charge >= 0.3 is 0 Å². The summed E-state index contributed by atoms with van der Waals surface area (Å²) in [4.78, 5) is 18.4. The predicted octanol–water partition coefficient (Wildman–Crippen LogP) is 2.48. The smallest absolute Gasteiger partial charge is 0.225 e. The van der Waals surface area contributed by atoms with E-state index < -0.39 is 0 Å². The lowest BCUT2D eigenvalue weighted by atomic mass is 9.82. The first-order valence-electron chi connectivity index (χ1n) is 8.17. The molecule has 1 saturated carbocycles. The van der Waals surface area contributed by atoms with E-state index in [0.717, 1.165) is 43.7 Å². The molecule has 0 N–H and O–H groups in total. The molecule has 1 spiro atoms. The van der Waals surface area contributed by atoms with Crippen molar-refractivity contribution in [2.24, 2.45) is 5.92 Å². The Bertz CT molecular complexity index is 541. The lowest BCUT2D eigenvalue weighted by molar-refractivity contribution is -0.144.